The molecule has 3 aromatic rings. The van der Waals surface area contributed by atoms with E-state index in [0.29, 0.717) is 45.9 Å². The van der Waals surface area contributed by atoms with Crippen LogP contribution in [-0.2, 0) is 11.2 Å². The fourth-order valence-corrected chi connectivity index (χ4v) is 3.49. The van der Waals surface area contributed by atoms with Crippen LogP contribution in [0.1, 0.15) is 29.5 Å². The maximum Gasteiger partial charge on any atom is 0.227 e. The van der Waals surface area contributed by atoms with E-state index in [1.165, 1.54) is 0 Å². The van der Waals surface area contributed by atoms with Gasteiger partial charge in [-0.3, -0.25) is 4.79 Å². The van der Waals surface area contributed by atoms with Gasteiger partial charge in [-0.15, -0.1) is 0 Å². The molecule has 2 heterocycles. The molecular formula is C19H18Cl2N2O3S. The lowest BCUT2D eigenvalue weighted by Crippen LogP contribution is -2.27. The summed E-state index contributed by atoms with van der Waals surface area (Å²) in [6, 6.07) is 6.90. The quantitative estimate of drug-likeness (QED) is 0.570. The molecule has 1 aromatic carbocycles. The molecule has 0 spiro atoms. The maximum absolute atomic E-state index is 12.2. The number of thiophene rings is 1. The lowest BCUT2D eigenvalue weighted by molar-refractivity contribution is -0.120. The number of aliphatic hydroxyl groups excluding tert-OH is 1. The number of benzene rings is 1. The Kier molecular flexibility index (Phi) is 6.55. The molecule has 8 heteroatoms. The highest BCUT2D eigenvalue weighted by Crippen LogP contribution is 2.27. The Labute approximate surface area is 171 Å². The van der Waals surface area contributed by atoms with E-state index in [2.05, 4.69) is 10.3 Å². The van der Waals surface area contributed by atoms with Crippen molar-refractivity contribution in [2.45, 2.75) is 25.9 Å². The Morgan fingerprint density at radius 2 is 2.15 bits per heavy atom. The van der Waals surface area contributed by atoms with Crippen LogP contribution in [0.5, 0.6) is 0 Å². The molecule has 0 saturated carbocycles. The van der Waals surface area contributed by atoms with E-state index in [4.69, 9.17) is 27.6 Å². The van der Waals surface area contributed by atoms with Gasteiger partial charge in [-0.05, 0) is 42.5 Å². The van der Waals surface area contributed by atoms with Crippen molar-refractivity contribution in [3.8, 4) is 11.5 Å². The van der Waals surface area contributed by atoms with Crippen LogP contribution < -0.4 is 5.32 Å². The average Bonchev–Trinajstić information content (AvgIpc) is 3.27. The van der Waals surface area contributed by atoms with Crippen LogP contribution in [0.25, 0.3) is 11.5 Å². The number of oxazole rings is 1. The minimum atomic E-state index is -0.737. The monoisotopic (exact) mass is 424 g/mol. The molecule has 2 aromatic heterocycles. The van der Waals surface area contributed by atoms with E-state index >= 15 is 0 Å². The van der Waals surface area contributed by atoms with Gasteiger partial charge in [-0.2, -0.15) is 11.3 Å². The number of halogens is 2. The number of amides is 1. The molecule has 0 unspecified atom stereocenters. The highest BCUT2D eigenvalue weighted by Gasteiger charge is 2.15. The lowest BCUT2D eigenvalue weighted by atomic mass is 10.1. The highest BCUT2D eigenvalue weighted by atomic mass is 35.5. The fourth-order valence-electron chi connectivity index (χ4n) is 2.55. The third-order valence-electron chi connectivity index (χ3n) is 4.06. The van der Waals surface area contributed by atoms with Crippen LogP contribution in [0, 0.1) is 6.92 Å². The highest BCUT2D eigenvalue weighted by molar-refractivity contribution is 7.08. The first-order valence-electron chi connectivity index (χ1n) is 8.32. The molecular weight excluding hydrogens is 407 g/mol. The Morgan fingerprint density at radius 3 is 2.85 bits per heavy atom. The van der Waals surface area contributed by atoms with E-state index < -0.39 is 6.10 Å². The molecule has 0 fully saturated rings. The number of hydrogen-bond acceptors (Lipinski definition) is 5. The predicted molar refractivity (Wildman–Crippen MR) is 107 cm³/mol. The van der Waals surface area contributed by atoms with Crippen LogP contribution in [-0.4, -0.2) is 22.5 Å². The summed E-state index contributed by atoms with van der Waals surface area (Å²) in [7, 11) is 0. The number of rotatable bonds is 7. The van der Waals surface area contributed by atoms with E-state index in [9.17, 15) is 9.90 Å². The summed E-state index contributed by atoms with van der Waals surface area (Å²) in [5.41, 5.74) is 2.17. The first kappa shape index (κ1) is 19.9. The molecule has 0 aliphatic carbocycles. The second-order valence-corrected chi connectivity index (χ2v) is 7.63. The van der Waals surface area contributed by atoms with Crippen LogP contribution in [0.2, 0.25) is 10.0 Å². The molecule has 142 valence electrons. The number of aliphatic hydroxyl groups is 1. The SMILES string of the molecule is Cc1oc(-c2ccsc2)nc1CC(=O)NCC[C@@H](O)c1ccc(Cl)c(Cl)c1. The molecule has 0 radical (unpaired) electrons. The normalized spacial score (nSPS) is 12.1. The number of carbonyl (C=O) groups is 1. The number of carbonyl (C=O) groups excluding carboxylic acids is 1. The van der Waals surface area contributed by atoms with Crippen LogP contribution in [0.3, 0.4) is 0 Å². The molecule has 1 amide bonds. The van der Waals surface area contributed by atoms with Gasteiger partial charge in [0.05, 0.1) is 28.3 Å². The van der Waals surface area contributed by atoms with Gasteiger partial charge in [0, 0.05) is 17.5 Å². The molecule has 3 rings (SSSR count). The zero-order valence-electron chi connectivity index (χ0n) is 14.5. The average molecular weight is 425 g/mol. The number of aryl methyl sites for hydroxylation is 1. The Morgan fingerprint density at radius 1 is 1.33 bits per heavy atom. The van der Waals surface area contributed by atoms with Crippen LogP contribution >= 0.6 is 34.5 Å². The third kappa shape index (κ3) is 5.11. The van der Waals surface area contributed by atoms with Gasteiger partial charge in [0.15, 0.2) is 0 Å². The largest absolute Gasteiger partial charge is 0.441 e. The molecule has 0 bridgehead atoms. The second-order valence-electron chi connectivity index (χ2n) is 6.04. The summed E-state index contributed by atoms with van der Waals surface area (Å²) in [6.45, 7) is 2.12. The fraction of sp³-hybridized carbons (Fsp3) is 0.263. The predicted octanol–water partition coefficient (Wildman–Crippen LogP) is 4.80. The number of nitrogens with one attached hydrogen (secondary N) is 1. The van der Waals surface area contributed by atoms with Gasteiger partial charge in [0.1, 0.15) is 5.76 Å². The van der Waals surface area contributed by atoms with Gasteiger partial charge in [0.2, 0.25) is 11.8 Å². The molecule has 0 saturated heterocycles. The summed E-state index contributed by atoms with van der Waals surface area (Å²) in [5.74, 6) is 0.971. The maximum atomic E-state index is 12.2. The van der Waals surface area contributed by atoms with Gasteiger partial charge in [-0.25, -0.2) is 4.98 Å². The van der Waals surface area contributed by atoms with Gasteiger partial charge < -0.3 is 14.8 Å². The topological polar surface area (TPSA) is 75.4 Å². The van der Waals surface area contributed by atoms with Crippen molar-refractivity contribution in [1.29, 1.82) is 0 Å². The van der Waals surface area contributed by atoms with Crippen LogP contribution in [0.15, 0.2) is 39.4 Å². The summed E-state index contributed by atoms with van der Waals surface area (Å²) >= 11 is 13.4. The van der Waals surface area contributed by atoms with Gasteiger partial charge >= 0.3 is 0 Å². The number of hydrogen-bond donors (Lipinski definition) is 2. The molecule has 5 nitrogen and oxygen atoms in total. The smallest absolute Gasteiger partial charge is 0.227 e. The van der Waals surface area contributed by atoms with Crippen molar-refractivity contribution in [3.05, 3.63) is 62.1 Å². The van der Waals surface area contributed by atoms with Crippen molar-refractivity contribution in [2.24, 2.45) is 0 Å². The molecule has 2 N–H and O–H groups in total. The second kappa shape index (κ2) is 8.89. The summed E-state index contributed by atoms with van der Waals surface area (Å²) in [6.07, 6.45) is -0.247. The zero-order valence-corrected chi connectivity index (χ0v) is 16.9. The van der Waals surface area contributed by atoms with Crippen molar-refractivity contribution in [3.63, 3.8) is 0 Å². The Hall–Kier alpha value is -1.86. The minimum absolute atomic E-state index is 0.127. The molecule has 0 aliphatic rings. The van der Waals surface area contributed by atoms with Crippen molar-refractivity contribution in [1.82, 2.24) is 10.3 Å². The Bertz CT molecular complexity index is 925. The summed E-state index contributed by atoms with van der Waals surface area (Å²) < 4.78 is 5.63. The van der Waals surface area contributed by atoms with E-state index in [0.717, 1.165) is 5.56 Å². The number of aromatic nitrogens is 1. The first-order valence-corrected chi connectivity index (χ1v) is 10.0. The third-order valence-corrected chi connectivity index (χ3v) is 5.48. The summed E-state index contributed by atoms with van der Waals surface area (Å²) in [4.78, 5) is 16.6. The standard InChI is InChI=1S/C19H18Cl2N2O3S/c1-11-16(23-19(26-11)13-5-7-27-10-13)9-18(25)22-6-4-17(24)12-2-3-14(20)15(21)8-12/h2-3,5,7-8,10,17,24H,4,6,9H2,1H3,(H,22,25)/t17-/m1/s1. The van der Waals surface area contributed by atoms with Crippen LogP contribution in [0.4, 0.5) is 0 Å². The van der Waals surface area contributed by atoms with Crippen molar-refractivity contribution in [2.75, 3.05) is 6.54 Å². The Balaban J connectivity index is 1.50. The minimum Gasteiger partial charge on any atom is -0.441 e. The first-order chi connectivity index (χ1) is 12.9. The molecule has 0 aliphatic heterocycles. The lowest BCUT2D eigenvalue weighted by Gasteiger charge is -2.12. The zero-order chi connectivity index (χ0) is 19.4. The van der Waals surface area contributed by atoms with Gasteiger partial charge in [-0.1, -0.05) is 29.3 Å². The molecule has 1 atom stereocenters. The van der Waals surface area contributed by atoms with Gasteiger partial charge in [0.25, 0.3) is 0 Å². The van der Waals surface area contributed by atoms with Crippen molar-refractivity contribution >= 4 is 40.4 Å². The van der Waals surface area contributed by atoms with E-state index in [1.54, 1.807) is 36.5 Å². The van der Waals surface area contributed by atoms with E-state index in [-0.39, 0.29) is 12.3 Å². The number of nitrogens with zero attached hydrogens (tertiary/aromatic N) is 1. The van der Waals surface area contributed by atoms with E-state index in [1.807, 2.05) is 16.8 Å². The molecule has 27 heavy (non-hydrogen) atoms. The summed E-state index contributed by atoms with van der Waals surface area (Å²) in [5, 5.41) is 17.7. The van der Waals surface area contributed by atoms with Crippen molar-refractivity contribution < 1.29 is 14.3 Å².